The summed E-state index contributed by atoms with van der Waals surface area (Å²) in [6.07, 6.45) is 4.14. The molecule has 1 aliphatic heterocycles. The Morgan fingerprint density at radius 1 is 1.36 bits per heavy atom. The lowest BCUT2D eigenvalue weighted by molar-refractivity contribution is -0.384. The molecule has 2 N–H and O–H groups in total. The van der Waals surface area contributed by atoms with E-state index in [0.717, 1.165) is 25.7 Å². The second kappa shape index (κ2) is 5.57. The van der Waals surface area contributed by atoms with E-state index in [1.54, 1.807) is 4.90 Å². The Morgan fingerprint density at radius 2 is 2.09 bits per heavy atom. The molecule has 1 aromatic rings. The van der Waals surface area contributed by atoms with E-state index in [1.165, 1.54) is 18.2 Å². The number of anilines is 1. The molecule has 2 aliphatic rings. The number of carbonyl (C=O) groups excluding carboxylic acids is 1. The molecule has 7 heteroatoms. The summed E-state index contributed by atoms with van der Waals surface area (Å²) < 4.78 is 5.90. The van der Waals surface area contributed by atoms with Crippen LogP contribution in [0.3, 0.4) is 0 Å². The van der Waals surface area contributed by atoms with Crippen molar-refractivity contribution < 1.29 is 14.5 Å². The lowest BCUT2D eigenvalue weighted by Gasteiger charge is -2.40. The van der Waals surface area contributed by atoms with Crippen molar-refractivity contribution in [2.45, 2.75) is 31.3 Å². The van der Waals surface area contributed by atoms with E-state index in [9.17, 15) is 14.9 Å². The Kier molecular flexibility index (Phi) is 3.74. The van der Waals surface area contributed by atoms with Crippen molar-refractivity contribution in [2.75, 3.05) is 25.4 Å². The summed E-state index contributed by atoms with van der Waals surface area (Å²) in [6, 6.07) is 3.98. The summed E-state index contributed by atoms with van der Waals surface area (Å²) in [4.78, 5) is 24.8. The van der Waals surface area contributed by atoms with E-state index in [4.69, 9.17) is 10.5 Å². The summed E-state index contributed by atoms with van der Waals surface area (Å²) in [5.74, 6) is -0.254. The van der Waals surface area contributed by atoms with Gasteiger partial charge in [-0.1, -0.05) is 12.8 Å². The predicted octanol–water partition coefficient (Wildman–Crippen LogP) is 1.96. The summed E-state index contributed by atoms with van der Waals surface area (Å²) in [5.41, 5.74) is 5.95. The van der Waals surface area contributed by atoms with Crippen LogP contribution in [-0.2, 0) is 4.74 Å². The fourth-order valence-corrected chi connectivity index (χ4v) is 3.35. The molecule has 7 nitrogen and oxygen atoms in total. The van der Waals surface area contributed by atoms with Crippen molar-refractivity contribution in [1.29, 1.82) is 0 Å². The van der Waals surface area contributed by atoms with Crippen molar-refractivity contribution in [2.24, 2.45) is 0 Å². The Labute approximate surface area is 128 Å². The molecule has 0 atom stereocenters. The number of nitrogen functional groups attached to an aromatic ring is 1. The number of hydrogen-bond acceptors (Lipinski definition) is 5. The second-order valence-corrected chi connectivity index (χ2v) is 5.99. The van der Waals surface area contributed by atoms with Crippen molar-refractivity contribution in [3.8, 4) is 0 Å². The van der Waals surface area contributed by atoms with Crippen LogP contribution in [0.25, 0.3) is 0 Å². The molecule has 0 unspecified atom stereocenters. The van der Waals surface area contributed by atoms with Crippen molar-refractivity contribution >= 4 is 17.3 Å². The molecule has 1 heterocycles. The number of non-ortho nitro benzene ring substituents is 1. The highest BCUT2D eigenvalue weighted by Gasteiger charge is 2.41. The molecule has 118 valence electrons. The van der Waals surface area contributed by atoms with E-state index in [0.29, 0.717) is 19.7 Å². The van der Waals surface area contributed by atoms with Crippen LogP contribution in [0, 0.1) is 10.1 Å². The predicted molar refractivity (Wildman–Crippen MR) is 80.6 cm³/mol. The van der Waals surface area contributed by atoms with Crippen LogP contribution in [0.5, 0.6) is 0 Å². The third-order valence-electron chi connectivity index (χ3n) is 4.53. The second-order valence-electron chi connectivity index (χ2n) is 5.99. The number of nitro benzene ring substituents is 1. The van der Waals surface area contributed by atoms with Crippen LogP contribution < -0.4 is 5.73 Å². The van der Waals surface area contributed by atoms with Gasteiger partial charge in [-0.25, -0.2) is 0 Å². The van der Waals surface area contributed by atoms with Gasteiger partial charge in [-0.3, -0.25) is 14.9 Å². The van der Waals surface area contributed by atoms with Crippen LogP contribution in [-0.4, -0.2) is 41.0 Å². The van der Waals surface area contributed by atoms with Crippen molar-refractivity contribution in [1.82, 2.24) is 4.90 Å². The highest BCUT2D eigenvalue weighted by atomic mass is 16.6. The van der Waals surface area contributed by atoms with Gasteiger partial charge >= 0.3 is 0 Å². The van der Waals surface area contributed by atoms with Gasteiger partial charge in [0.1, 0.15) is 0 Å². The molecule has 0 bridgehead atoms. The van der Waals surface area contributed by atoms with Gasteiger partial charge in [-0.2, -0.15) is 0 Å². The van der Waals surface area contributed by atoms with Crippen LogP contribution in [0.1, 0.15) is 36.0 Å². The molecule has 1 amide bonds. The first kappa shape index (κ1) is 14.8. The minimum absolute atomic E-state index is 0.124. The maximum absolute atomic E-state index is 12.7. The summed E-state index contributed by atoms with van der Waals surface area (Å²) in [6.45, 7) is 1.53. The van der Waals surface area contributed by atoms with E-state index in [2.05, 4.69) is 0 Å². The molecule has 1 spiro atoms. The average Bonchev–Trinajstić information content (AvgIpc) is 2.94. The highest BCUT2D eigenvalue weighted by molar-refractivity contribution is 5.99. The minimum Gasteiger partial charge on any atom is -0.398 e. The Bertz CT molecular complexity index is 611. The van der Waals surface area contributed by atoms with E-state index in [1.807, 2.05) is 0 Å². The Morgan fingerprint density at radius 3 is 2.77 bits per heavy atom. The number of nitrogens with two attached hydrogens (primary N) is 1. The first-order chi connectivity index (χ1) is 10.5. The lowest BCUT2D eigenvalue weighted by Crippen LogP contribution is -2.52. The van der Waals surface area contributed by atoms with E-state index >= 15 is 0 Å². The van der Waals surface area contributed by atoms with Crippen molar-refractivity contribution in [3.05, 3.63) is 33.9 Å². The smallest absolute Gasteiger partial charge is 0.270 e. The number of amides is 1. The van der Waals surface area contributed by atoms with Crippen LogP contribution in [0.15, 0.2) is 18.2 Å². The average molecular weight is 305 g/mol. The largest absolute Gasteiger partial charge is 0.398 e. The van der Waals surface area contributed by atoms with Crippen LogP contribution in [0.4, 0.5) is 11.4 Å². The summed E-state index contributed by atoms with van der Waals surface area (Å²) >= 11 is 0. The molecule has 0 radical (unpaired) electrons. The maximum Gasteiger partial charge on any atom is 0.270 e. The van der Waals surface area contributed by atoms with Gasteiger partial charge in [-0.15, -0.1) is 0 Å². The fourth-order valence-electron chi connectivity index (χ4n) is 3.35. The molecule has 1 aromatic carbocycles. The standard InChI is InChI=1S/C15H19N3O4/c16-13-4-3-11(18(20)21)9-12(13)14(19)17-7-8-22-15(10-17)5-1-2-6-15/h3-4,9H,1-2,5-8,10,16H2. The van der Waals surface area contributed by atoms with Gasteiger partial charge in [0.25, 0.3) is 11.6 Å². The SMILES string of the molecule is Nc1ccc([N+](=O)[O-])cc1C(=O)N1CCOC2(CCCC2)C1. The number of nitro groups is 1. The zero-order valence-corrected chi connectivity index (χ0v) is 12.3. The summed E-state index contributed by atoms with van der Waals surface area (Å²) in [5, 5.41) is 10.9. The summed E-state index contributed by atoms with van der Waals surface area (Å²) in [7, 11) is 0. The van der Waals surface area contributed by atoms with Gasteiger partial charge in [0, 0.05) is 24.4 Å². The zero-order valence-electron chi connectivity index (χ0n) is 12.3. The van der Waals surface area contributed by atoms with Gasteiger partial charge in [-0.05, 0) is 18.9 Å². The molecule has 3 rings (SSSR count). The lowest BCUT2D eigenvalue weighted by atomic mass is 9.99. The molecule has 1 saturated heterocycles. The highest BCUT2D eigenvalue weighted by Crippen LogP contribution is 2.36. The molecule has 22 heavy (non-hydrogen) atoms. The molecule has 2 fully saturated rings. The fraction of sp³-hybridized carbons (Fsp3) is 0.533. The molecular formula is C15H19N3O4. The zero-order chi connectivity index (χ0) is 15.7. The first-order valence-electron chi connectivity index (χ1n) is 7.48. The number of rotatable bonds is 2. The van der Waals surface area contributed by atoms with Gasteiger partial charge in [0.15, 0.2) is 0 Å². The van der Waals surface area contributed by atoms with Crippen LogP contribution in [0.2, 0.25) is 0 Å². The Hall–Kier alpha value is -2.15. The molecule has 1 aliphatic carbocycles. The number of morpholine rings is 1. The van der Waals surface area contributed by atoms with Gasteiger partial charge in [0.05, 0.1) is 29.2 Å². The first-order valence-corrected chi connectivity index (χ1v) is 7.48. The van der Waals surface area contributed by atoms with Gasteiger partial charge in [0.2, 0.25) is 0 Å². The number of carbonyl (C=O) groups is 1. The number of ether oxygens (including phenoxy) is 1. The molecule has 0 aromatic heterocycles. The van der Waals surface area contributed by atoms with Crippen LogP contribution >= 0.6 is 0 Å². The number of nitrogens with zero attached hydrogens (tertiary/aromatic N) is 2. The quantitative estimate of drug-likeness (QED) is 0.511. The van der Waals surface area contributed by atoms with E-state index < -0.39 is 4.92 Å². The number of benzene rings is 1. The maximum atomic E-state index is 12.7. The molecular weight excluding hydrogens is 286 g/mol. The normalized spacial score (nSPS) is 20.3. The number of hydrogen-bond donors (Lipinski definition) is 1. The topological polar surface area (TPSA) is 98.7 Å². The molecule has 1 saturated carbocycles. The minimum atomic E-state index is -0.520. The Balaban J connectivity index is 1.84. The van der Waals surface area contributed by atoms with E-state index in [-0.39, 0.29) is 28.4 Å². The monoisotopic (exact) mass is 305 g/mol. The van der Waals surface area contributed by atoms with Gasteiger partial charge < -0.3 is 15.4 Å². The van der Waals surface area contributed by atoms with Crippen molar-refractivity contribution in [3.63, 3.8) is 0 Å². The third kappa shape index (κ3) is 2.64. The third-order valence-corrected chi connectivity index (χ3v) is 4.53.